The molecular weight excluding hydrogens is 180 g/mol. The van der Waals surface area contributed by atoms with E-state index in [-0.39, 0.29) is 6.61 Å². The lowest BCUT2D eigenvalue weighted by molar-refractivity contribution is 0.0697. The fourth-order valence-corrected chi connectivity index (χ4v) is 1.76. The summed E-state index contributed by atoms with van der Waals surface area (Å²) in [4.78, 5) is 10.7. The molecule has 0 heterocycles. The first-order valence-electron chi connectivity index (χ1n) is 4.66. The van der Waals surface area contributed by atoms with Crippen LogP contribution in [0.2, 0.25) is 0 Å². The van der Waals surface area contributed by atoms with Crippen LogP contribution in [0.4, 0.5) is 0 Å². The number of carboxylic acids is 1. The molecule has 1 aliphatic rings. The van der Waals surface area contributed by atoms with E-state index >= 15 is 0 Å². The van der Waals surface area contributed by atoms with E-state index < -0.39 is 5.97 Å². The second-order valence-electron chi connectivity index (χ2n) is 3.72. The van der Waals surface area contributed by atoms with Gasteiger partial charge in [-0.05, 0) is 36.0 Å². The Bertz CT molecular complexity index is 359. The van der Waals surface area contributed by atoms with Gasteiger partial charge in [-0.15, -0.1) is 0 Å². The van der Waals surface area contributed by atoms with E-state index in [9.17, 15) is 4.79 Å². The summed E-state index contributed by atoms with van der Waals surface area (Å²) in [7, 11) is 0. The topological polar surface area (TPSA) is 57.5 Å². The molecule has 0 aliphatic heterocycles. The van der Waals surface area contributed by atoms with Gasteiger partial charge >= 0.3 is 5.97 Å². The smallest absolute Gasteiger partial charge is 0.335 e. The highest BCUT2D eigenvalue weighted by atomic mass is 16.4. The number of aliphatic hydroxyl groups excluding tert-OH is 1. The minimum absolute atomic E-state index is 0.196. The van der Waals surface area contributed by atoms with Gasteiger partial charge < -0.3 is 10.2 Å². The van der Waals surface area contributed by atoms with E-state index in [2.05, 4.69) is 0 Å². The zero-order valence-electron chi connectivity index (χ0n) is 7.68. The predicted octanol–water partition coefficient (Wildman–Crippen LogP) is 1.48. The van der Waals surface area contributed by atoms with E-state index in [1.807, 2.05) is 6.07 Å². The highest BCUT2D eigenvalue weighted by Crippen LogP contribution is 2.46. The largest absolute Gasteiger partial charge is 0.478 e. The van der Waals surface area contributed by atoms with Crippen molar-refractivity contribution in [3.8, 4) is 0 Å². The average molecular weight is 192 g/mol. The lowest BCUT2D eigenvalue weighted by Gasteiger charge is -2.00. The normalized spacial score (nSPS) is 24.6. The Balaban J connectivity index is 2.19. The van der Waals surface area contributed by atoms with Crippen LogP contribution in [0.5, 0.6) is 0 Å². The van der Waals surface area contributed by atoms with Gasteiger partial charge in [0.1, 0.15) is 0 Å². The first-order valence-corrected chi connectivity index (χ1v) is 4.66. The fraction of sp³-hybridized carbons (Fsp3) is 0.364. The summed E-state index contributed by atoms with van der Waals surface area (Å²) in [5, 5.41) is 17.7. The number of hydrogen-bond donors (Lipinski definition) is 2. The summed E-state index contributed by atoms with van der Waals surface area (Å²) >= 11 is 0. The maximum Gasteiger partial charge on any atom is 0.335 e. The summed E-state index contributed by atoms with van der Waals surface area (Å²) in [6.45, 7) is 0.196. The van der Waals surface area contributed by atoms with Gasteiger partial charge in [-0.2, -0.15) is 0 Å². The van der Waals surface area contributed by atoms with Crippen molar-refractivity contribution in [2.45, 2.75) is 12.3 Å². The number of carboxylic acid groups (broad SMARTS) is 1. The van der Waals surface area contributed by atoms with Crippen molar-refractivity contribution in [3.63, 3.8) is 0 Å². The van der Waals surface area contributed by atoms with Crippen molar-refractivity contribution < 1.29 is 15.0 Å². The van der Waals surface area contributed by atoms with Crippen LogP contribution in [0.25, 0.3) is 0 Å². The second-order valence-corrected chi connectivity index (χ2v) is 3.72. The number of aliphatic hydroxyl groups is 1. The zero-order chi connectivity index (χ0) is 10.1. The van der Waals surface area contributed by atoms with Gasteiger partial charge in [0.15, 0.2) is 0 Å². The molecule has 1 aromatic rings. The summed E-state index contributed by atoms with van der Waals surface area (Å²) in [6.07, 6.45) is 0.972. The van der Waals surface area contributed by atoms with Gasteiger partial charge in [0.2, 0.25) is 0 Å². The third-order valence-corrected chi connectivity index (χ3v) is 2.72. The minimum Gasteiger partial charge on any atom is -0.478 e. The van der Waals surface area contributed by atoms with Crippen LogP contribution in [0.15, 0.2) is 24.3 Å². The SMILES string of the molecule is O=C(O)c1cccc(C2CC2CO)c1. The van der Waals surface area contributed by atoms with Crippen molar-refractivity contribution >= 4 is 5.97 Å². The summed E-state index contributed by atoms with van der Waals surface area (Å²) < 4.78 is 0. The van der Waals surface area contributed by atoms with E-state index in [4.69, 9.17) is 10.2 Å². The Hall–Kier alpha value is -1.35. The molecule has 1 fully saturated rings. The highest BCUT2D eigenvalue weighted by Gasteiger charge is 2.37. The molecule has 2 atom stereocenters. The molecule has 3 heteroatoms. The van der Waals surface area contributed by atoms with Gasteiger partial charge in [-0.1, -0.05) is 12.1 Å². The predicted molar refractivity (Wildman–Crippen MR) is 51.3 cm³/mol. The highest BCUT2D eigenvalue weighted by molar-refractivity contribution is 5.87. The molecular formula is C11H12O3. The monoisotopic (exact) mass is 192 g/mol. The van der Waals surface area contributed by atoms with E-state index in [1.54, 1.807) is 18.2 Å². The fourth-order valence-electron chi connectivity index (χ4n) is 1.76. The molecule has 1 saturated carbocycles. The molecule has 74 valence electrons. The molecule has 0 spiro atoms. The molecule has 1 aromatic carbocycles. The maximum absolute atomic E-state index is 10.7. The van der Waals surface area contributed by atoms with Crippen molar-refractivity contribution in [1.82, 2.24) is 0 Å². The van der Waals surface area contributed by atoms with E-state index in [0.29, 0.717) is 17.4 Å². The minimum atomic E-state index is -0.895. The van der Waals surface area contributed by atoms with E-state index in [0.717, 1.165) is 12.0 Å². The molecule has 0 amide bonds. The van der Waals surface area contributed by atoms with Crippen LogP contribution >= 0.6 is 0 Å². The molecule has 2 rings (SSSR count). The zero-order valence-corrected chi connectivity index (χ0v) is 7.68. The molecule has 1 aliphatic carbocycles. The number of carbonyl (C=O) groups is 1. The van der Waals surface area contributed by atoms with Crippen molar-refractivity contribution in [1.29, 1.82) is 0 Å². The quantitative estimate of drug-likeness (QED) is 0.762. The maximum atomic E-state index is 10.7. The van der Waals surface area contributed by atoms with Crippen LogP contribution in [-0.4, -0.2) is 22.8 Å². The lowest BCUT2D eigenvalue weighted by Crippen LogP contribution is -1.97. The van der Waals surface area contributed by atoms with Crippen molar-refractivity contribution in [3.05, 3.63) is 35.4 Å². The molecule has 0 saturated heterocycles. The van der Waals surface area contributed by atoms with Crippen LogP contribution in [0.1, 0.15) is 28.3 Å². The van der Waals surface area contributed by atoms with Gasteiger partial charge in [0.25, 0.3) is 0 Å². The molecule has 2 unspecified atom stereocenters. The standard InChI is InChI=1S/C11H12O3/c12-6-9-5-10(9)7-2-1-3-8(4-7)11(13)14/h1-4,9-10,12H,5-6H2,(H,13,14). The summed E-state index contributed by atoms with van der Waals surface area (Å²) in [6, 6.07) is 6.96. The van der Waals surface area contributed by atoms with E-state index in [1.165, 1.54) is 0 Å². The summed E-state index contributed by atoms with van der Waals surface area (Å²) in [5.41, 5.74) is 1.36. The number of aromatic carboxylic acids is 1. The molecule has 0 radical (unpaired) electrons. The van der Waals surface area contributed by atoms with Gasteiger partial charge in [-0.3, -0.25) is 0 Å². The Morgan fingerprint density at radius 2 is 2.29 bits per heavy atom. The van der Waals surface area contributed by atoms with Gasteiger partial charge in [-0.25, -0.2) is 4.79 Å². The summed E-state index contributed by atoms with van der Waals surface area (Å²) in [5.74, 6) is -0.202. The third kappa shape index (κ3) is 1.63. The van der Waals surface area contributed by atoms with Gasteiger partial charge in [0.05, 0.1) is 5.56 Å². The van der Waals surface area contributed by atoms with Crippen LogP contribution < -0.4 is 0 Å². The average Bonchev–Trinajstić information content (AvgIpc) is 2.97. The molecule has 0 aromatic heterocycles. The Labute approximate surface area is 82.0 Å². The Kier molecular flexibility index (Phi) is 2.25. The first kappa shape index (κ1) is 9.21. The first-order chi connectivity index (χ1) is 6.72. The third-order valence-electron chi connectivity index (χ3n) is 2.72. The van der Waals surface area contributed by atoms with Crippen LogP contribution in [0.3, 0.4) is 0 Å². The number of hydrogen-bond acceptors (Lipinski definition) is 2. The van der Waals surface area contributed by atoms with Crippen LogP contribution in [-0.2, 0) is 0 Å². The second kappa shape index (κ2) is 3.42. The van der Waals surface area contributed by atoms with Gasteiger partial charge in [0, 0.05) is 6.61 Å². The Morgan fingerprint density at radius 1 is 1.50 bits per heavy atom. The van der Waals surface area contributed by atoms with Crippen molar-refractivity contribution in [2.24, 2.45) is 5.92 Å². The molecule has 2 N–H and O–H groups in total. The van der Waals surface area contributed by atoms with Crippen molar-refractivity contribution in [2.75, 3.05) is 6.61 Å². The lowest BCUT2D eigenvalue weighted by atomic mass is 10.1. The molecule has 3 nitrogen and oxygen atoms in total. The Morgan fingerprint density at radius 3 is 2.86 bits per heavy atom. The number of rotatable bonds is 3. The molecule has 0 bridgehead atoms. The number of benzene rings is 1. The molecule has 14 heavy (non-hydrogen) atoms. The van der Waals surface area contributed by atoms with Crippen LogP contribution in [0, 0.1) is 5.92 Å².